The molecule has 0 saturated carbocycles. The molecule has 0 atom stereocenters. The molecule has 0 aliphatic carbocycles. The first kappa shape index (κ1) is 28.0. The molecule has 1 aromatic heterocycles. The Bertz CT molecular complexity index is 352. The van der Waals surface area contributed by atoms with E-state index in [0.717, 1.165) is 24.5 Å². The minimum absolute atomic E-state index is 0. The Morgan fingerprint density at radius 2 is 1.32 bits per heavy atom. The van der Waals surface area contributed by atoms with Gasteiger partial charge in [0.25, 0.3) is 0 Å². The van der Waals surface area contributed by atoms with Crippen molar-refractivity contribution in [1.29, 1.82) is 0 Å². The van der Waals surface area contributed by atoms with E-state index in [-0.39, 0.29) is 78.1 Å². The zero-order valence-corrected chi connectivity index (χ0v) is 16.7. The molecular weight excluding hydrogens is 437 g/mol. The van der Waals surface area contributed by atoms with Gasteiger partial charge < -0.3 is 37.2 Å². The quantitative estimate of drug-likeness (QED) is 0.418. The molecule has 0 saturated heterocycles. The third-order valence-electron chi connectivity index (χ3n) is 1.82. The molecule has 1 aromatic rings. The first-order valence-corrected chi connectivity index (χ1v) is 5.24. The molecule has 3 nitrogen and oxygen atoms in total. The zero-order valence-electron chi connectivity index (χ0n) is 11.2. The Morgan fingerprint density at radius 1 is 0.947 bits per heavy atom. The molecule has 0 N–H and O–H groups in total. The van der Waals surface area contributed by atoms with Gasteiger partial charge in [-0.25, -0.2) is 4.98 Å². The van der Waals surface area contributed by atoms with Gasteiger partial charge in [0.05, 0.1) is 11.4 Å². The molecule has 0 bridgehead atoms. The predicted octanol–water partition coefficient (Wildman–Crippen LogP) is -6.72. The van der Waals surface area contributed by atoms with E-state index in [1.54, 1.807) is 12.4 Å². The Balaban J connectivity index is -0.000000281. The second-order valence-electron chi connectivity index (χ2n) is 3.25. The molecule has 19 heavy (non-hydrogen) atoms. The summed E-state index contributed by atoms with van der Waals surface area (Å²) in [7, 11) is 0. The maximum Gasteiger partial charge on any atom is 3.00 e. The summed E-state index contributed by atoms with van der Waals surface area (Å²) < 4.78 is 0. The number of nitrogens with zero attached hydrogens (tertiary/aromatic N) is 3. The van der Waals surface area contributed by atoms with Gasteiger partial charge in [0.1, 0.15) is 0 Å². The molecule has 0 fully saturated rings. The summed E-state index contributed by atoms with van der Waals surface area (Å²) in [6, 6.07) is 4.03. The summed E-state index contributed by atoms with van der Waals surface area (Å²) in [5.74, 6) is 0. The van der Waals surface area contributed by atoms with Crippen molar-refractivity contribution >= 4 is 12.4 Å². The van der Waals surface area contributed by atoms with E-state index in [0.29, 0.717) is 0 Å². The van der Waals surface area contributed by atoms with Crippen molar-refractivity contribution < 1.29 is 78.1 Å². The molecular formula is C12H17Cl3N3Nd. The van der Waals surface area contributed by atoms with E-state index in [1.807, 2.05) is 32.9 Å². The van der Waals surface area contributed by atoms with Gasteiger partial charge in [-0.3, -0.25) is 9.98 Å². The molecule has 1 rings (SSSR count). The first-order valence-electron chi connectivity index (χ1n) is 5.24. The summed E-state index contributed by atoms with van der Waals surface area (Å²) in [4.78, 5) is 12.8. The Kier molecular flexibility index (Phi) is 24.7. The molecule has 1 radical (unpaired) electrons. The molecule has 7 heteroatoms. The fraction of sp³-hybridized carbons (Fsp3) is 0.417. The Labute approximate surface area is 166 Å². The van der Waals surface area contributed by atoms with Crippen molar-refractivity contribution in [3.8, 4) is 0 Å². The van der Waals surface area contributed by atoms with Gasteiger partial charge in [-0.15, -0.1) is 0 Å². The van der Waals surface area contributed by atoms with Gasteiger partial charge in [-0.05, 0) is 38.5 Å². The first-order chi connectivity index (χ1) is 7.26. The number of aryl methyl sites for hydroxylation is 1. The summed E-state index contributed by atoms with van der Waals surface area (Å²) >= 11 is 0. The number of hydrogen-bond donors (Lipinski definition) is 0. The summed E-state index contributed by atoms with van der Waals surface area (Å²) in [5.41, 5.74) is 2.98. The number of hydrogen-bond acceptors (Lipinski definition) is 3. The molecule has 1 heterocycles. The Hall–Kier alpha value is 0.711. The normalized spacial score (nSPS) is 9.21. The summed E-state index contributed by atoms with van der Waals surface area (Å²) in [6.45, 7) is 7.63. The largest absolute Gasteiger partial charge is 3.00 e. The van der Waals surface area contributed by atoms with Crippen LogP contribution in [0.3, 0.4) is 0 Å². The van der Waals surface area contributed by atoms with Gasteiger partial charge in [0, 0.05) is 25.5 Å². The SMILES string of the molecule is CCN=Cc1cc(C)cc(C=NCC)n1.[Cl-].[Cl-].[Cl-].[Nd+3]. The molecule has 0 aromatic carbocycles. The van der Waals surface area contributed by atoms with Crippen LogP contribution in [0.25, 0.3) is 0 Å². The Morgan fingerprint density at radius 3 is 1.63 bits per heavy atom. The van der Waals surface area contributed by atoms with Crippen LogP contribution >= 0.6 is 0 Å². The maximum atomic E-state index is 4.41. The summed E-state index contributed by atoms with van der Waals surface area (Å²) in [5, 5.41) is 0. The fourth-order valence-corrected chi connectivity index (χ4v) is 1.22. The molecule has 105 valence electrons. The van der Waals surface area contributed by atoms with E-state index in [4.69, 9.17) is 0 Å². The van der Waals surface area contributed by atoms with Crippen LogP contribution in [0.5, 0.6) is 0 Å². The van der Waals surface area contributed by atoms with E-state index < -0.39 is 0 Å². The van der Waals surface area contributed by atoms with Crippen LogP contribution in [0.15, 0.2) is 22.1 Å². The minimum Gasteiger partial charge on any atom is -1.00 e. The molecule has 0 unspecified atom stereocenters. The van der Waals surface area contributed by atoms with Crippen LogP contribution in [0.1, 0.15) is 30.8 Å². The van der Waals surface area contributed by atoms with E-state index in [1.165, 1.54) is 5.56 Å². The van der Waals surface area contributed by atoms with Crippen molar-refractivity contribution in [1.82, 2.24) is 4.98 Å². The van der Waals surface area contributed by atoms with Crippen molar-refractivity contribution in [3.63, 3.8) is 0 Å². The van der Waals surface area contributed by atoms with Gasteiger partial charge in [-0.2, -0.15) is 0 Å². The van der Waals surface area contributed by atoms with Crippen LogP contribution < -0.4 is 37.2 Å². The van der Waals surface area contributed by atoms with Crippen molar-refractivity contribution in [2.45, 2.75) is 20.8 Å². The number of halogens is 3. The maximum absolute atomic E-state index is 4.41. The molecule has 0 aliphatic heterocycles. The topological polar surface area (TPSA) is 37.6 Å². The number of aromatic nitrogens is 1. The minimum atomic E-state index is 0. The van der Waals surface area contributed by atoms with Crippen LogP contribution in [0, 0.1) is 47.8 Å². The molecule has 0 aliphatic rings. The van der Waals surface area contributed by atoms with Gasteiger partial charge in [-0.1, -0.05) is 0 Å². The number of aliphatic imine (C=N–C) groups is 2. The van der Waals surface area contributed by atoms with E-state index >= 15 is 0 Å². The monoisotopic (exact) mass is 450 g/mol. The van der Waals surface area contributed by atoms with E-state index in [2.05, 4.69) is 15.0 Å². The smallest absolute Gasteiger partial charge is 1.00 e. The van der Waals surface area contributed by atoms with Gasteiger partial charge in [0.15, 0.2) is 0 Å². The van der Waals surface area contributed by atoms with Gasteiger partial charge in [0.2, 0.25) is 0 Å². The third-order valence-corrected chi connectivity index (χ3v) is 1.82. The number of rotatable bonds is 4. The summed E-state index contributed by atoms with van der Waals surface area (Å²) in [6.07, 6.45) is 3.60. The van der Waals surface area contributed by atoms with Crippen LogP contribution in [-0.2, 0) is 0 Å². The van der Waals surface area contributed by atoms with Gasteiger partial charge >= 0.3 is 40.8 Å². The molecule has 0 amide bonds. The molecule has 0 spiro atoms. The fourth-order valence-electron chi connectivity index (χ4n) is 1.22. The standard InChI is InChI=1S/C12H17N3.3ClH.Nd/c1-4-13-8-11-6-10(3)7-12(15-11)9-14-5-2;;;;/h6-9H,4-5H2,1-3H3;3*1H;/q;;;;+3/p-3. The second kappa shape index (κ2) is 16.8. The predicted molar refractivity (Wildman–Crippen MR) is 65.2 cm³/mol. The van der Waals surface area contributed by atoms with Crippen molar-refractivity contribution in [2.24, 2.45) is 9.98 Å². The van der Waals surface area contributed by atoms with Crippen molar-refractivity contribution in [3.05, 3.63) is 29.1 Å². The number of pyridine rings is 1. The average molecular weight is 454 g/mol. The average Bonchev–Trinajstić information content (AvgIpc) is 2.23. The third kappa shape index (κ3) is 12.2. The second-order valence-corrected chi connectivity index (χ2v) is 3.25. The van der Waals surface area contributed by atoms with Crippen LogP contribution in [-0.4, -0.2) is 30.5 Å². The van der Waals surface area contributed by atoms with E-state index in [9.17, 15) is 0 Å². The van der Waals surface area contributed by atoms with Crippen LogP contribution in [0.2, 0.25) is 0 Å². The zero-order chi connectivity index (χ0) is 11.1. The van der Waals surface area contributed by atoms with Crippen LogP contribution in [0.4, 0.5) is 0 Å². The van der Waals surface area contributed by atoms with Crippen molar-refractivity contribution in [2.75, 3.05) is 13.1 Å².